The first-order valence-electron chi connectivity index (χ1n) is 9.45. The fraction of sp³-hybridized carbons (Fsp3) is 0.273. The number of hydrogen-bond donors (Lipinski definition) is 3. The number of ketones is 1. The van der Waals surface area contributed by atoms with Crippen LogP contribution in [0.2, 0.25) is 0 Å². The molecule has 0 unspecified atom stereocenters. The number of nitrogens with one attached hydrogen (secondary N) is 2. The summed E-state index contributed by atoms with van der Waals surface area (Å²) >= 11 is 0. The Kier molecular flexibility index (Phi) is 4.77. The number of piperidine rings is 1. The van der Waals surface area contributed by atoms with E-state index in [-0.39, 0.29) is 17.6 Å². The van der Waals surface area contributed by atoms with Crippen molar-refractivity contribution < 1.29 is 14.5 Å². The number of aromatic nitrogens is 1. The predicted molar refractivity (Wildman–Crippen MR) is 106 cm³/mol. The summed E-state index contributed by atoms with van der Waals surface area (Å²) in [6.45, 7) is 2.05. The highest BCUT2D eigenvalue weighted by Gasteiger charge is 2.29. The Morgan fingerprint density at radius 2 is 1.67 bits per heavy atom. The van der Waals surface area contributed by atoms with E-state index in [1.807, 2.05) is 54.6 Å². The molecule has 4 rings (SSSR count). The monoisotopic (exact) mass is 362 g/mol. The van der Waals surface area contributed by atoms with Gasteiger partial charge in [0.25, 0.3) is 0 Å². The van der Waals surface area contributed by atoms with Crippen molar-refractivity contribution in [3.05, 3.63) is 60.2 Å². The molecule has 0 aliphatic carbocycles. The molecule has 4 N–H and O–H groups in total. The van der Waals surface area contributed by atoms with Crippen LogP contribution in [-0.2, 0) is 4.79 Å². The molecule has 0 atom stereocenters. The lowest BCUT2D eigenvalue weighted by molar-refractivity contribution is -0.897. The summed E-state index contributed by atoms with van der Waals surface area (Å²) in [5.41, 5.74) is 9.05. The third-order valence-corrected chi connectivity index (χ3v) is 5.55. The summed E-state index contributed by atoms with van der Waals surface area (Å²) in [7, 11) is 0. The van der Waals surface area contributed by atoms with Crippen molar-refractivity contribution in [3.63, 3.8) is 0 Å². The van der Waals surface area contributed by atoms with Crippen LogP contribution in [0.15, 0.2) is 54.6 Å². The van der Waals surface area contributed by atoms with E-state index in [0.717, 1.165) is 53.7 Å². The Morgan fingerprint density at radius 3 is 2.37 bits per heavy atom. The number of para-hydroxylation sites is 1. The number of quaternary nitrogens is 1. The average molecular weight is 362 g/mol. The fourth-order valence-corrected chi connectivity index (χ4v) is 4.06. The first-order chi connectivity index (χ1) is 13.1. The SMILES string of the molecule is NC(=O)C1CC[NH+](CC(=O)c2c(-c3ccccc3)[nH]c3ccccc23)CC1. The molecule has 5 nitrogen and oxygen atoms in total. The van der Waals surface area contributed by atoms with Crippen LogP contribution in [0.5, 0.6) is 0 Å². The van der Waals surface area contributed by atoms with Crippen LogP contribution in [0.3, 0.4) is 0 Å². The Bertz CT molecular complexity index is 970. The minimum atomic E-state index is -0.219. The van der Waals surface area contributed by atoms with Crippen molar-refractivity contribution in [1.82, 2.24) is 4.98 Å². The maximum atomic E-state index is 13.3. The van der Waals surface area contributed by atoms with Gasteiger partial charge in [0.15, 0.2) is 0 Å². The molecule has 2 aromatic carbocycles. The number of carbonyl (C=O) groups excluding carboxylic acids is 2. The van der Waals surface area contributed by atoms with Gasteiger partial charge >= 0.3 is 0 Å². The van der Waals surface area contributed by atoms with Crippen molar-refractivity contribution >= 4 is 22.6 Å². The molecule has 1 amide bonds. The normalized spacial score (nSPS) is 19.9. The number of hydrogen-bond acceptors (Lipinski definition) is 2. The van der Waals surface area contributed by atoms with Crippen LogP contribution in [0.1, 0.15) is 23.2 Å². The number of amides is 1. The number of benzene rings is 2. The molecule has 5 heteroatoms. The zero-order valence-electron chi connectivity index (χ0n) is 15.2. The molecule has 1 aliphatic heterocycles. The number of primary amides is 1. The van der Waals surface area contributed by atoms with Crippen LogP contribution in [-0.4, -0.2) is 36.3 Å². The first-order valence-corrected chi connectivity index (χ1v) is 9.45. The summed E-state index contributed by atoms with van der Waals surface area (Å²) in [6, 6.07) is 17.9. The number of carbonyl (C=O) groups is 2. The number of fused-ring (bicyclic) bond motifs is 1. The average Bonchev–Trinajstić information content (AvgIpc) is 3.09. The molecule has 27 heavy (non-hydrogen) atoms. The number of likely N-dealkylation sites (tertiary alicyclic amines) is 1. The van der Waals surface area contributed by atoms with Crippen molar-refractivity contribution in [1.29, 1.82) is 0 Å². The third-order valence-electron chi connectivity index (χ3n) is 5.55. The van der Waals surface area contributed by atoms with Crippen LogP contribution in [0.4, 0.5) is 0 Å². The van der Waals surface area contributed by atoms with Gasteiger partial charge in [-0.2, -0.15) is 0 Å². The molecule has 1 fully saturated rings. The molecule has 2 heterocycles. The second-order valence-corrected chi connectivity index (χ2v) is 7.31. The van der Waals surface area contributed by atoms with Gasteiger partial charge in [0, 0.05) is 29.7 Å². The lowest BCUT2D eigenvalue weighted by atomic mass is 9.95. The maximum Gasteiger partial charge on any atom is 0.220 e. The van der Waals surface area contributed by atoms with Crippen molar-refractivity contribution in [2.45, 2.75) is 12.8 Å². The highest BCUT2D eigenvalue weighted by Crippen LogP contribution is 2.30. The summed E-state index contributed by atoms with van der Waals surface area (Å²) in [5.74, 6) is -0.126. The van der Waals surface area contributed by atoms with Crippen LogP contribution < -0.4 is 10.6 Å². The number of aromatic amines is 1. The van der Waals surface area contributed by atoms with Crippen molar-refractivity contribution in [2.24, 2.45) is 11.7 Å². The molecule has 0 saturated carbocycles. The molecule has 1 aliphatic rings. The lowest BCUT2D eigenvalue weighted by Gasteiger charge is -2.27. The lowest BCUT2D eigenvalue weighted by Crippen LogP contribution is -3.14. The third kappa shape index (κ3) is 3.51. The van der Waals surface area contributed by atoms with E-state index in [1.165, 1.54) is 4.90 Å². The molecule has 1 aromatic heterocycles. The number of Topliss-reactive ketones (excluding diaryl/α,β-unsaturated/α-hetero) is 1. The quantitative estimate of drug-likeness (QED) is 0.605. The van der Waals surface area contributed by atoms with E-state index in [1.54, 1.807) is 0 Å². The van der Waals surface area contributed by atoms with Gasteiger partial charge in [-0.05, 0) is 11.6 Å². The molecule has 3 aromatic rings. The van der Waals surface area contributed by atoms with Gasteiger partial charge in [-0.15, -0.1) is 0 Å². The van der Waals surface area contributed by atoms with Gasteiger partial charge in [-0.3, -0.25) is 9.59 Å². The molecule has 1 saturated heterocycles. The summed E-state index contributed by atoms with van der Waals surface area (Å²) in [4.78, 5) is 29.3. The Balaban J connectivity index is 1.63. The zero-order valence-corrected chi connectivity index (χ0v) is 15.2. The summed E-state index contributed by atoms with van der Waals surface area (Å²) in [6.07, 6.45) is 1.52. The molecule has 0 radical (unpaired) electrons. The fourth-order valence-electron chi connectivity index (χ4n) is 4.06. The standard InChI is InChI=1S/C22H23N3O2/c23-22(27)16-10-12-25(13-11-16)14-19(26)20-17-8-4-5-9-18(17)24-21(20)15-6-2-1-3-7-15/h1-9,16,24H,10-14H2,(H2,23,27)/p+1. The Labute approximate surface area is 158 Å². The second-order valence-electron chi connectivity index (χ2n) is 7.31. The minimum Gasteiger partial charge on any atom is -0.369 e. The van der Waals surface area contributed by atoms with Gasteiger partial charge in [0.05, 0.1) is 24.3 Å². The molecule has 0 bridgehead atoms. The van der Waals surface area contributed by atoms with E-state index in [0.29, 0.717) is 6.54 Å². The second kappa shape index (κ2) is 7.37. The van der Waals surface area contributed by atoms with E-state index in [4.69, 9.17) is 5.73 Å². The Hall–Kier alpha value is -2.92. The Morgan fingerprint density at radius 1 is 1.00 bits per heavy atom. The van der Waals surface area contributed by atoms with Crippen LogP contribution >= 0.6 is 0 Å². The number of rotatable bonds is 5. The highest BCUT2D eigenvalue weighted by atomic mass is 16.1. The van der Waals surface area contributed by atoms with Crippen molar-refractivity contribution in [3.8, 4) is 11.3 Å². The summed E-state index contributed by atoms with van der Waals surface area (Å²) in [5, 5.41) is 0.966. The minimum absolute atomic E-state index is 0.0446. The van der Waals surface area contributed by atoms with Crippen molar-refractivity contribution in [2.75, 3.05) is 19.6 Å². The first kappa shape index (κ1) is 17.5. The number of nitrogens with two attached hydrogens (primary N) is 1. The molecular weight excluding hydrogens is 338 g/mol. The molecule has 138 valence electrons. The number of H-pyrrole nitrogens is 1. The van der Waals surface area contributed by atoms with Gasteiger partial charge in [-0.25, -0.2) is 0 Å². The molecular formula is C22H24N3O2+. The van der Waals surface area contributed by atoms with E-state index in [2.05, 4.69) is 4.98 Å². The van der Waals surface area contributed by atoms with Crippen LogP contribution in [0.25, 0.3) is 22.2 Å². The predicted octanol–water partition coefficient (Wildman–Crippen LogP) is 1.80. The smallest absolute Gasteiger partial charge is 0.220 e. The van der Waals surface area contributed by atoms with E-state index >= 15 is 0 Å². The van der Waals surface area contributed by atoms with E-state index < -0.39 is 0 Å². The van der Waals surface area contributed by atoms with Gasteiger partial charge in [-0.1, -0.05) is 48.5 Å². The largest absolute Gasteiger partial charge is 0.369 e. The van der Waals surface area contributed by atoms with Gasteiger partial charge in [0.1, 0.15) is 6.54 Å². The van der Waals surface area contributed by atoms with E-state index in [9.17, 15) is 9.59 Å². The van der Waals surface area contributed by atoms with Crippen LogP contribution in [0, 0.1) is 5.92 Å². The molecule has 0 spiro atoms. The zero-order chi connectivity index (χ0) is 18.8. The summed E-state index contributed by atoms with van der Waals surface area (Å²) < 4.78 is 0. The van der Waals surface area contributed by atoms with Gasteiger partial charge < -0.3 is 15.6 Å². The van der Waals surface area contributed by atoms with Gasteiger partial charge in [0.2, 0.25) is 11.7 Å². The maximum absolute atomic E-state index is 13.3. The highest BCUT2D eigenvalue weighted by molar-refractivity contribution is 6.13. The topological polar surface area (TPSA) is 80.4 Å².